The van der Waals surface area contributed by atoms with Crippen molar-refractivity contribution in [3.8, 4) is 5.75 Å². The molecule has 0 aliphatic heterocycles. The minimum Gasteiger partial charge on any atom is -0.484 e. The molecule has 4 fully saturated rings. The summed E-state index contributed by atoms with van der Waals surface area (Å²) in [6.45, 7) is -0.0927. The lowest BCUT2D eigenvalue weighted by Gasteiger charge is -2.57. The molecule has 6 rings (SSSR count). The molecule has 0 saturated heterocycles. The summed E-state index contributed by atoms with van der Waals surface area (Å²) in [5.41, 5.74) is 2.34. The molecule has 6 heteroatoms. The van der Waals surface area contributed by atoms with Crippen LogP contribution in [0.25, 0.3) is 0 Å². The first-order valence-electron chi connectivity index (χ1n) is 11.1. The van der Waals surface area contributed by atoms with Crippen molar-refractivity contribution in [2.45, 2.75) is 48.8 Å². The molecule has 0 spiro atoms. The van der Waals surface area contributed by atoms with Gasteiger partial charge in [0.25, 0.3) is 5.91 Å². The van der Waals surface area contributed by atoms with Crippen molar-refractivity contribution in [3.05, 3.63) is 54.1 Å². The zero-order valence-electron chi connectivity index (χ0n) is 17.8. The van der Waals surface area contributed by atoms with Gasteiger partial charge in [-0.1, -0.05) is 12.1 Å². The van der Waals surface area contributed by atoms with Gasteiger partial charge < -0.3 is 10.1 Å². The minimum absolute atomic E-state index is 0.0927. The standard InChI is InChI=1S/C25H29NO4S/c1-31(28,29)23-8-4-21(5-9-23)26-24(27)16-30-22-6-2-20(3-7-22)25-13-17-10-18(14-25)12-19(11-17)15-25/h2-9,17-19H,10-16H2,1H3,(H,26,27). The average Bonchev–Trinajstić information content (AvgIpc) is 2.71. The Labute approximate surface area is 184 Å². The highest BCUT2D eigenvalue weighted by Gasteiger charge is 2.51. The second-order valence-electron chi connectivity index (χ2n) is 9.86. The van der Waals surface area contributed by atoms with Crippen molar-refractivity contribution >= 4 is 21.4 Å². The van der Waals surface area contributed by atoms with Crippen LogP contribution in [0.4, 0.5) is 5.69 Å². The number of hydrogen-bond acceptors (Lipinski definition) is 4. The predicted molar refractivity (Wildman–Crippen MR) is 120 cm³/mol. The van der Waals surface area contributed by atoms with Crippen molar-refractivity contribution in [2.75, 3.05) is 18.2 Å². The van der Waals surface area contributed by atoms with Crippen molar-refractivity contribution in [1.82, 2.24) is 0 Å². The first-order valence-corrected chi connectivity index (χ1v) is 13.0. The lowest BCUT2D eigenvalue weighted by Crippen LogP contribution is -2.48. The summed E-state index contributed by atoms with van der Waals surface area (Å²) in [6, 6.07) is 14.5. The lowest BCUT2D eigenvalue weighted by molar-refractivity contribution is -0.118. The Morgan fingerprint density at radius 2 is 1.48 bits per heavy atom. The number of anilines is 1. The number of rotatable bonds is 6. The fourth-order valence-electron chi connectivity index (χ4n) is 6.50. The van der Waals surface area contributed by atoms with Gasteiger partial charge in [0.2, 0.25) is 0 Å². The van der Waals surface area contributed by atoms with Crippen LogP contribution >= 0.6 is 0 Å². The van der Waals surface area contributed by atoms with Gasteiger partial charge in [-0.05, 0) is 104 Å². The number of ether oxygens (including phenoxy) is 1. The van der Waals surface area contributed by atoms with Crippen LogP contribution in [0, 0.1) is 17.8 Å². The van der Waals surface area contributed by atoms with Gasteiger partial charge in [-0.3, -0.25) is 4.79 Å². The van der Waals surface area contributed by atoms with E-state index in [4.69, 9.17) is 4.74 Å². The van der Waals surface area contributed by atoms with E-state index < -0.39 is 9.84 Å². The van der Waals surface area contributed by atoms with Crippen molar-refractivity contribution in [1.29, 1.82) is 0 Å². The molecule has 4 aliphatic carbocycles. The van der Waals surface area contributed by atoms with Gasteiger partial charge in [-0.25, -0.2) is 8.42 Å². The number of nitrogens with one attached hydrogen (secondary N) is 1. The number of sulfone groups is 1. The van der Waals surface area contributed by atoms with Gasteiger partial charge >= 0.3 is 0 Å². The first kappa shape index (κ1) is 20.6. The summed E-state index contributed by atoms with van der Waals surface area (Å²) in [5, 5.41) is 2.73. The molecule has 4 aliphatic rings. The zero-order valence-corrected chi connectivity index (χ0v) is 18.7. The normalized spacial score (nSPS) is 29.0. The molecule has 164 valence electrons. The monoisotopic (exact) mass is 439 g/mol. The molecule has 4 bridgehead atoms. The van der Waals surface area contributed by atoms with E-state index in [1.807, 2.05) is 12.1 Å². The summed E-state index contributed by atoms with van der Waals surface area (Å²) in [7, 11) is -3.25. The smallest absolute Gasteiger partial charge is 0.262 e. The molecule has 0 unspecified atom stereocenters. The summed E-state index contributed by atoms with van der Waals surface area (Å²) >= 11 is 0. The van der Waals surface area contributed by atoms with Gasteiger partial charge in [0.15, 0.2) is 16.4 Å². The Kier molecular flexibility index (Phi) is 5.08. The maximum absolute atomic E-state index is 12.2. The molecule has 4 saturated carbocycles. The van der Waals surface area contributed by atoms with Gasteiger partial charge in [-0.15, -0.1) is 0 Å². The average molecular weight is 440 g/mol. The first-order chi connectivity index (χ1) is 14.8. The lowest BCUT2D eigenvalue weighted by atomic mass is 9.48. The van der Waals surface area contributed by atoms with E-state index in [1.165, 1.54) is 56.2 Å². The number of carbonyl (C=O) groups excluding carboxylic acids is 1. The number of hydrogen-bond donors (Lipinski definition) is 1. The third kappa shape index (κ3) is 4.22. The zero-order chi connectivity index (χ0) is 21.6. The quantitative estimate of drug-likeness (QED) is 0.715. The third-order valence-corrected chi connectivity index (χ3v) is 8.57. The van der Waals surface area contributed by atoms with Crippen LogP contribution in [0.2, 0.25) is 0 Å². The van der Waals surface area contributed by atoms with Crippen LogP contribution in [0.1, 0.15) is 44.1 Å². The molecular formula is C25H29NO4S. The molecule has 5 nitrogen and oxygen atoms in total. The minimum atomic E-state index is -3.25. The van der Waals surface area contributed by atoms with Crippen LogP contribution in [0.15, 0.2) is 53.4 Å². The largest absolute Gasteiger partial charge is 0.484 e. The molecular weight excluding hydrogens is 410 g/mol. The van der Waals surface area contributed by atoms with E-state index in [-0.39, 0.29) is 17.4 Å². The summed E-state index contributed by atoms with van der Waals surface area (Å²) in [6.07, 6.45) is 9.47. The summed E-state index contributed by atoms with van der Waals surface area (Å²) in [4.78, 5) is 12.4. The van der Waals surface area contributed by atoms with E-state index in [0.717, 1.165) is 24.0 Å². The summed E-state index contributed by atoms with van der Waals surface area (Å²) < 4.78 is 28.7. The Hall–Kier alpha value is -2.34. The highest BCUT2D eigenvalue weighted by Crippen LogP contribution is 2.60. The van der Waals surface area contributed by atoms with Crippen LogP contribution in [-0.4, -0.2) is 27.2 Å². The van der Waals surface area contributed by atoms with Gasteiger partial charge in [0.05, 0.1) is 4.90 Å². The predicted octanol–water partition coefficient (Wildman–Crippen LogP) is 4.58. The van der Waals surface area contributed by atoms with E-state index >= 15 is 0 Å². The maximum Gasteiger partial charge on any atom is 0.262 e. The Morgan fingerprint density at radius 3 is 2.00 bits per heavy atom. The Balaban J connectivity index is 1.18. The highest BCUT2D eigenvalue weighted by molar-refractivity contribution is 7.90. The number of carbonyl (C=O) groups is 1. The maximum atomic E-state index is 12.2. The molecule has 0 atom stereocenters. The topological polar surface area (TPSA) is 72.5 Å². The van der Waals surface area contributed by atoms with E-state index in [9.17, 15) is 13.2 Å². The molecule has 0 aromatic heterocycles. The Morgan fingerprint density at radius 1 is 0.935 bits per heavy atom. The van der Waals surface area contributed by atoms with Crippen molar-refractivity contribution in [3.63, 3.8) is 0 Å². The fraction of sp³-hybridized carbons (Fsp3) is 0.480. The van der Waals surface area contributed by atoms with Crippen LogP contribution in [0.3, 0.4) is 0 Å². The van der Waals surface area contributed by atoms with E-state index in [2.05, 4.69) is 17.4 Å². The number of benzene rings is 2. The van der Waals surface area contributed by atoms with Gasteiger partial charge in [0.1, 0.15) is 5.75 Å². The molecule has 2 aromatic carbocycles. The van der Waals surface area contributed by atoms with Crippen molar-refractivity contribution in [2.24, 2.45) is 17.8 Å². The van der Waals surface area contributed by atoms with E-state index in [1.54, 1.807) is 12.1 Å². The second kappa shape index (κ2) is 7.66. The molecule has 1 N–H and O–H groups in total. The van der Waals surface area contributed by atoms with Gasteiger partial charge in [-0.2, -0.15) is 0 Å². The SMILES string of the molecule is CS(=O)(=O)c1ccc(NC(=O)COc2ccc(C34CC5CC(CC(C5)C3)C4)cc2)cc1. The Bertz CT molecular complexity index is 1040. The molecule has 31 heavy (non-hydrogen) atoms. The van der Waals surface area contributed by atoms with Crippen molar-refractivity contribution < 1.29 is 17.9 Å². The molecule has 2 aromatic rings. The molecule has 0 heterocycles. The third-order valence-electron chi connectivity index (χ3n) is 7.44. The van der Waals surface area contributed by atoms with Crippen LogP contribution in [-0.2, 0) is 20.0 Å². The fourth-order valence-corrected chi connectivity index (χ4v) is 7.13. The van der Waals surface area contributed by atoms with Crippen LogP contribution in [0.5, 0.6) is 5.75 Å². The van der Waals surface area contributed by atoms with E-state index in [0.29, 0.717) is 16.9 Å². The van der Waals surface area contributed by atoms with Gasteiger partial charge in [0, 0.05) is 11.9 Å². The van der Waals surface area contributed by atoms with Crippen LogP contribution < -0.4 is 10.1 Å². The highest BCUT2D eigenvalue weighted by atomic mass is 32.2. The summed E-state index contributed by atoms with van der Waals surface area (Å²) in [5.74, 6) is 3.15. The second-order valence-corrected chi connectivity index (χ2v) is 11.9. The molecule has 0 radical (unpaired) electrons. The number of amides is 1. The molecule has 1 amide bonds.